The van der Waals surface area contributed by atoms with Crippen molar-refractivity contribution in [1.29, 1.82) is 0 Å². The van der Waals surface area contributed by atoms with Gasteiger partial charge in [0.1, 0.15) is 6.04 Å². The highest BCUT2D eigenvalue weighted by atomic mass is 32.2. The number of carboxylic acids is 1. The van der Waals surface area contributed by atoms with Crippen LogP contribution in [0.5, 0.6) is 0 Å². The van der Waals surface area contributed by atoms with Gasteiger partial charge in [0.15, 0.2) is 0 Å². The number of unbranched alkanes of at least 4 members (excludes halogenated alkanes) is 1. The van der Waals surface area contributed by atoms with Gasteiger partial charge >= 0.3 is 12.1 Å². The molecule has 200 valence electrons. The van der Waals surface area contributed by atoms with E-state index in [1.54, 1.807) is 0 Å². The Hall–Kier alpha value is -2.71. The molecule has 0 bridgehead atoms. The summed E-state index contributed by atoms with van der Waals surface area (Å²) < 4.78 is 58.7. The van der Waals surface area contributed by atoms with E-state index in [1.165, 1.54) is 28.6 Å². The smallest absolute Gasteiger partial charge is 0.475 e. The number of hydrogen-bond acceptors (Lipinski definition) is 6. The number of nitrogens with one attached hydrogen (secondary N) is 1. The van der Waals surface area contributed by atoms with Crippen molar-refractivity contribution >= 4 is 27.8 Å². The Labute approximate surface area is 202 Å². The van der Waals surface area contributed by atoms with Crippen LogP contribution in [0.2, 0.25) is 0 Å². The summed E-state index contributed by atoms with van der Waals surface area (Å²) in [4.78, 5) is 33.0. The van der Waals surface area contributed by atoms with E-state index in [0.717, 1.165) is 19.3 Å². The fourth-order valence-electron chi connectivity index (χ4n) is 2.80. The second-order valence-corrected chi connectivity index (χ2v) is 9.38. The van der Waals surface area contributed by atoms with Crippen molar-refractivity contribution in [2.24, 2.45) is 11.5 Å². The molecule has 6 N–H and O–H groups in total. The second kappa shape index (κ2) is 15.3. The predicted molar refractivity (Wildman–Crippen MR) is 123 cm³/mol. The molecule has 0 heterocycles. The summed E-state index contributed by atoms with van der Waals surface area (Å²) in [7, 11) is -3.60. The minimum atomic E-state index is -5.08. The molecule has 0 aliphatic carbocycles. The van der Waals surface area contributed by atoms with Gasteiger partial charge < -0.3 is 21.9 Å². The van der Waals surface area contributed by atoms with Crippen molar-refractivity contribution in [3.05, 3.63) is 29.8 Å². The molecular formula is C21H33F3N4O6S. The van der Waals surface area contributed by atoms with Crippen LogP contribution in [0.3, 0.4) is 0 Å². The molecule has 0 aromatic heterocycles. The molecule has 14 heteroatoms. The zero-order valence-corrected chi connectivity index (χ0v) is 20.5. The average molecular weight is 527 g/mol. The molecule has 0 unspecified atom stereocenters. The molecular weight excluding hydrogens is 493 g/mol. The molecule has 35 heavy (non-hydrogen) atoms. The molecule has 0 fully saturated rings. The van der Waals surface area contributed by atoms with Gasteiger partial charge in [0.05, 0.1) is 4.90 Å². The number of carboxylic acid groups (broad SMARTS) is 1. The number of sulfonamides is 1. The van der Waals surface area contributed by atoms with Crippen molar-refractivity contribution in [2.45, 2.75) is 63.1 Å². The first-order valence-electron chi connectivity index (χ1n) is 10.9. The summed E-state index contributed by atoms with van der Waals surface area (Å²) in [5.41, 5.74) is 11.0. The third kappa shape index (κ3) is 11.5. The van der Waals surface area contributed by atoms with Crippen molar-refractivity contribution in [3.63, 3.8) is 0 Å². The summed E-state index contributed by atoms with van der Waals surface area (Å²) >= 11 is 0. The first-order valence-corrected chi connectivity index (χ1v) is 12.4. The van der Waals surface area contributed by atoms with Gasteiger partial charge in [-0.1, -0.05) is 13.8 Å². The van der Waals surface area contributed by atoms with Crippen LogP contribution in [-0.2, 0) is 19.6 Å². The summed E-state index contributed by atoms with van der Waals surface area (Å²) in [5, 5.41) is 9.72. The topological polar surface area (TPSA) is 173 Å². The van der Waals surface area contributed by atoms with Crippen LogP contribution in [0, 0.1) is 0 Å². The first-order chi connectivity index (χ1) is 16.2. The molecule has 0 spiro atoms. The van der Waals surface area contributed by atoms with Crippen LogP contribution >= 0.6 is 0 Å². The highest BCUT2D eigenvalue weighted by molar-refractivity contribution is 7.89. The Morgan fingerprint density at radius 2 is 1.54 bits per heavy atom. The van der Waals surface area contributed by atoms with Gasteiger partial charge in [-0.2, -0.15) is 17.5 Å². The van der Waals surface area contributed by atoms with Crippen molar-refractivity contribution in [1.82, 2.24) is 9.62 Å². The number of aliphatic carboxylic acids is 1. The highest BCUT2D eigenvalue weighted by Crippen LogP contribution is 2.18. The Balaban J connectivity index is 0.00000143. The lowest BCUT2D eigenvalue weighted by atomic mass is 10.1. The van der Waals surface area contributed by atoms with Gasteiger partial charge in [-0.25, -0.2) is 13.2 Å². The maximum Gasteiger partial charge on any atom is 0.490 e. The number of hydrogen-bond donors (Lipinski definition) is 4. The molecule has 0 aliphatic rings. The molecule has 0 aliphatic heterocycles. The SMILES string of the molecule is CCCN(CCC)S(=O)(=O)c1ccc(C(=O)N[C@@H](CCCCN)C(N)=O)cc1.O=C(O)C(F)(F)F. The normalized spacial score (nSPS) is 12.4. The molecule has 0 saturated carbocycles. The number of rotatable bonds is 13. The summed E-state index contributed by atoms with van der Waals surface area (Å²) in [6, 6.07) is 4.92. The maximum atomic E-state index is 12.8. The van der Waals surface area contributed by atoms with Gasteiger partial charge in [0.2, 0.25) is 15.9 Å². The van der Waals surface area contributed by atoms with Gasteiger partial charge in [-0.05, 0) is 62.9 Å². The number of benzene rings is 1. The van der Waals surface area contributed by atoms with Crippen LogP contribution in [0.4, 0.5) is 13.2 Å². The minimum Gasteiger partial charge on any atom is -0.475 e. The number of alkyl halides is 3. The number of nitrogens with two attached hydrogens (primary N) is 2. The largest absolute Gasteiger partial charge is 0.490 e. The number of amides is 2. The van der Waals surface area contributed by atoms with Crippen LogP contribution in [0.15, 0.2) is 29.2 Å². The quantitative estimate of drug-likeness (QED) is 0.284. The van der Waals surface area contributed by atoms with E-state index in [-0.39, 0.29) is 10.5 Å². The van der Waals surface area contributed by atoms with Gasteiger partial charge in [0.25, 0.3) is 5.91 Å². The molecule has 1 rings (SSSR count). The summed E-state index contributed by atoms with van der Waals surface area (Å²) in [6.45, 7) is 5.24. The number of carbonyl (C=O) groups is 3. The van der Waals surface area contributed by atoms with Gasteiger partial charge in [-0.15, -0.1) is 0 Å². The number of halogens is 3. The average Bonchev–Trinajstić information content (AvgIpc) is 2.78. The van der Waals surface area contributed by atoms with Crippen LogP contribution < -0.4 is 16.8 Å². The predicted octanol–water partition coefficient (Wildman–Crippen LogP) is 1.84. The fraction of sp³-hybridized carbons (Fsp3) is 0.571. The molecule has 1 atom stereocenters. The molecule has 0 radical (unpaired) electrons. The number of primary amides is 1. The van der Waals surface area contributed by atoms with Gasteiger partial charge in [0, 0.05) is 18.7 Å². The zero-order chi connectivity index (χ0) is 27.2. The van der Waals surface area contributed by atoms with Crippen molar-refractivity contribution < 1.29 is 41.1 Å². The highest BCUT2D eigenvalue weighted by Gasteiger charge is 2.38. The third-order valence-corrected chi connectivity index (χ3v) is 6.45. The van der Waals surface area contributed by atoms with E-state index >= 15 is 0 Å². The lowest BCUT2D eigenvalue weighted by Gasteiger charge is -2.21. The summed E-state index contributed by atoms with van der Waals surface area (Å²) in [5.74, 6) is -3.84. The van der Waals surface area contributed by atoms with E-state index < -0.39 is 40.0 Å². The standard InChI is InChI=1S/C19H32N4O4S.C2HF3O2/c1-3-13-23(14-4-2)28(26,27)16-10-8-15(9-11-16)19(25)22-17(18(21)24)7-5-6-12-20;3-2(4,5)1(6)7/h8-11,17H,3-7,12-14,20H2,1-2H3,(H2,21,24)(H,22,25);(H,6,7)/t17-;/m0./s1. The molecule has 0 saturated heterocycles. The first kappa shape index (κ1) is 32.3. The maximum absolute atomic E-state index is 12.8. The van der Waals surface area contributed by atoms with Gasteiger partial charge in [-0.3, -0.25) is 9.59 Å². The number of carbonyl (C=O) groups excluding carboxylic acids is 2. The monoisotopic (exact) mass is 526 g/mol. The fourth-order valence-corrected chi connectivity index (χ4v) is 4.42. The van der Waals surface area contributed by atoms with E-state index in [9.17, 15) is 31.2 Å². The van der Waals surface area contributed by atoms with E-state index in [1.807, 2.05) is 13.8 Å². The van der Waals surface area contributed by atoms with Crippen LogP contribution in [0.1, 0.15) is 56.3 Å². The lowest BCUT2D eigenvalue weighted by Crippen LogP contribution is -2.44. The Morgan fingerprint density at radius 1 is 1.06 bits per heavy atom. The Kier molecular flexibility index (Phi) is 14.1. The number of nitrogens with zero attached hydrogens (tertiary/aromatic N) is 1. The Bertz CT molecular complexity index is 918. The zero-order valence-electron chi connectivity index (χ0n) is 19.7. The van der Waals surface area contributed by atoms with E-state index in [4.69, 9.17) is 21.4 Å². The molecule has 2 amide bonds. The van der Waals surface area contributed by atoms with Crippen molar-refractivity contribution in [2.75, 3.05) is 19.6 Å². The van der Waals surface area contributed by atoms with Crippen LogP contribution in [-0.4, -0.2) is 67.5 Å². The molecule has 10 nitrogen and oxygen atoms in total. The second-order valence-electron chi connectivity index (χ2n) is 7.44. The van der Waals surface area contributed by atoms with Crippen LogP contribution in [0.25, 0.3) is 0 Å². The summed E-state index contributed by atoms with van der Waals surface area (Å²) in [6.07, 6.45) is -1.82. The molecule has 1 aromatic rings. The Morgan fingerprint density at radius 3 is 1.91 bits per heavy atom. The van der Waals surface area contributed by atoms with E-state index in [2.05, 4.69) is 5.32 Å². The molecule has 1 aromatic carbocycles. The lowest BCUT2D eigenvalue weighted by molar-refractivity contribution is -0.192. The third-order valence-electron chi connectivity index (χ3n) is 4.54. The van der Waals surface area contributed by atoms with Crippen molar-refractivity contribution in [3.8, 4) is 0 Å². The minimum absolute atomic E-state index is 0.139. The van der Waals surface area contributed by atoms with E-state index in [0.29, 0.717) is 32.5 Å².